The number of hydrogen-bond donors (Lipinski definition) is 0. The van der Waals surface area contributed by atoms with Crippen LogP contribution in [0.25, 0.3) is 11.4 Å². The van der Waals surface area contributed by atoms with Crippen LogP contribution in [0.3, 0.4) is 0 Å². The first kappa shape index (κ1) is 17.4. The van der Waals surface area contributed by atoms with Crippen LogP contribution in [0, 0.1) is 0 Å². The average Bonchev–Trinajstić information content (AvgIpc) is 3.02. The van der Waals surface area contributed by atoms with Crippen molar-refractivity contribution in [3.05, 3.63) is 59.9 Å². The summed E-state index contributed by atoms with van der Waals surface area (Å²) in [5.74, 6) is 0.834. The monoisotopic (exact) mass is 352 g/mol. The quantitative estimate of drug-likeness (QED) is 0.499. The maximum atomic E-state index is 12.6. The van der Waals surface area contributed by atoms with Crippen LogP contribution < -0.4 is 0 Å². The molecule has 1 atom stereocenters. The Hall–Kier alpha value is -2.47. The summed E-state index contributed by atoms with van der Waals surface area (Å²) in [6, 6.07) is 11.6. The van der Waals surface area contributed by atoms with E-state index in [4.69, 9.17) is 0 Å². The standard InChI is InChI=1S/C19H20N4OS/c1-4-14-7-9-15(10-8-14)17(24)13(2)25-19-22-21-18(23(19)3)16-6-5-11-20-12-16/h5-13H,4H2,1-3H3. The zero-order chi connectivity index (χ0) is 17.8. The van der Waals surface area contributed by atoms with E-state index < -0.39 is 0 Å². The van der Waals surface area contributed by atoms with Crippen molar-refractivity contribution in [3.8, 4) is 11.4 Å². The molecule has 0 fully saturated rings. The lowest BCUT2D eigenvalue weighted by Gasteiger charge is -2.10. The third-order valence-electron chi connectivity index (χ3n) is 4.05. The molecule has 128 valence electrons. The molecule has 0 saturated heterocycles. The van der Waals surface area contributed by atoms with Crippen LogP contribution in [0.5, 0.6) is 0 Å². The van der Waals surface area contributed by atoms with Gasteiger partial charge in [0.05, 0.1) is 5.25 Å². The van der Waals surface area contributed by atoms with Gasteiger partial charge in [-0.3, -0.25) is 9.78 Å². The molecule has 3 aromatic rings. The summed E-state index contributed by atoms with van der Waals surface area (Å²) in [5.41, 5.74) is 2.86. The normalized spacial score (nSPS) is 12.1. The van der Waals surface area contributed by atoms with E-state index in [0.29, 0.717) is 5.16 Å². The Morgan fingerprint density at radius 2 is 1.96 bits per heavy atom. The maximum absolute atomic E-state index is 12.6. The first-order valence-corrected chi connectivity index (χ1v) is 9.07. The Balaban J connectivity index is 1.75. The van der Waals surface area contributed by atoms with Gasteiger partial charge in [-0.05, 0) is 31.0 Å². The first-order valence-electron chi connectivity index (χ1n) is 8.19. The van der Waals surface area contributed by atoms with Gasteiger partial charge in [0.2, 0.25) is 0 Å². The van der Waals surface area contributed by atoms with Crippen LogP contribution in [-0.4, -0.2) is 30.8 Å². The molecule has 0 saturated carbocycles. The molecule has 3 rings (SSSR count). The first-order chi connectivity index (χ1) is 12.1. The molecule has 0 N–H and O–H groups in total. The maximum Gasteiger partial charge on any atom is 0.191 e. The van der Waals surface area contributed by atoms with E-state index in [2.05, 4.69) is 22.1 Å². The summed E-state index contributed by atoms with van der Waals surface area (Å²) in [4.78, 5) is 16.8. The molecule has 1 unspecified atom stereocenters. The fraction of sp³-hybridized carbons (Fsp3) is 0.263. The Morgan fingerprint density at radius 1 is 1.20 bits per heavy atom. The van der Waals surface area contributed by atoms with Gasteiger partial charge in [-0.2, -0.15) is 0 Å². The molecular formula is C19H20N4OS. The molecule has 2 heterocycles. The molecule has 1 aromatic carbocycles. The van der Waals surface area contributed by atoms with Gasteiger partial charge in [-0.25, -0.2) is 0 Å². The zero-order valence-electron chi connectivity index (χ0n) is 14.5. The zero-order valence-corrected chi connectivity index (χ0v) is 15.3. The molecule has 2 aromatic heterocycles. The molecule has 0 amide bonds. The average molecular weight is 352 g/mol. The van der Waals surface area contributed by atoms with Crippen LogP contribution in [0.1, 0.15) is 29.8 Å². The van der Waals surface area contributed by atoms with Gasteiger partial charge in [-0.1, -0.05) is 43.0 Å². The summed E-state index contributed by atoms with van der Waals surface area (Å²) < 4.78 is 1.89. The van der Waals surface area contributed by atoms with Gasteiger partial charge >= 0.3 is 0 Å². The Morgan fingerprint density at radius 3 is 2.60 bits per heavy atom. The van der Waals surface area contributed by atoms with E-state index in [1.165, 1.54) is 17.3 Å². The van der Waals surface area contributed by atoms with Crippen molar-refractivity contribution in [2.24, 2.45) is 7.05 Å². The summed E-state index contributed by atoms with van der Waals surface area (Å²) in [6.07, 6.45) is 4.44. The lowest BCUT2D eigenvalue weighted by atomic mass is 10.1. The number of pyridine rings is 1. The van der Waals surface area contributed by atoms with Crippen LogP contribution in [0.2, 0.25) is 0 Å². The third-order valence-corrected chi connectivity index (χ3v) is 5.19. The summed E-state index contributed by atoms with van der Waals surface area (Å²) in [6.45, 7) is 4.00. The predicted octanol–water partition coefficient (Wildman–Crippen LogP) is 3.80. The van der Waals surface area contributed by atoms with E-state index in [9.17, 15) is 4.79 Å². The molecule has 0 radical (unpaired) electrons. The third kappa shape index (κ3) is 3.79. The number of rotatable bonds is 6. The molecular weight excluding hydrogens is 332 g/mol. The van der Waals surface area contributed by atoms with Gasteiger partial charge in [0.25, 0.3) is 0 Å². The van der Waals surface area contributed by atoms with Gasteiger partial charge < -0.3 is 4.57 Å². The van der Waals surface area contributed by atoms with E-state index in [-0.39, 0.29) is 11.0 Å². The van der Waals surface area contributed by atoms with Crippen molar-refractivity contribution in [1.29, 1.82) is 0 Å². The number of ketones is 1. The van der Waals surface area contributed by atoms with Gasteiger partial charge in [0.1, 0.15) is 0 Å². The van der Waals surface area contributed by atoms with Crippen molar-refractivity contribution < 1.29 is 4.79 Å². The van der Waals surface area contributed by atoms with Gasteiger partial charge in [0, 0.05) is 30.6 Å². The van der Waals surface area contributed by atoms with Crippen molar-refractivity contribution in [1.82, 2.24) is 19.7 Å². The topological polar surface area (TPSA) is 60.7 Å². The highest BCUT2D eigenvalue weighted by Gasteiger charge is 2.20. The second-order valence-corrected chi connectivity index (χ2v) is 7.09. The van der Waals surface area contributed by atoms with Gasteiger partial charge in [-0.15, -0.1) is 10.2 Å². The van der Waals surface area contributed by atoms with Crippen molar-refractivity contribution in [2.75, 3.05) is 0 Å². The number of benzene rings is 1. The molecule has 0 spiro atoms. The minimum Gasteiger partial charge on any atom is -0.305 e. The van der Waals surface area contributed by atoms with E-state index in [1.807, 2.05) is 54.9 Å². The Bertz CT molecular complexity index is 859. The highest BCUT2D eigenvalue weighted by Crippen LogP contribution is 2.27. The van der Waals surface area contributed by atoms with Gasteiger partial charge in [0.15, 0.2) is 16.8 Å². The predicted molar refractivity (Wildman–Crippen MR) is 99.7 cm³/mol. The van der Waals surface area contributed by atoms with Crippen LogP contribution in [0.4, 0.5) is 0 Å². The summed E-state index contributed by atoms with van der Waals surface area (Å²) in [7, 11) is 1.90. The lowest BCUT2D eigenvalue weighted by molar-refractivity contribution is 0.0994. The van der Waals surface area contributed by atoms with Crippen LogP contribution in [-0.2, 0) is 13.5 Å². The second-order valence-electron chi connectivity index (χ2n) is 5.78. The number of hydrogen-bond acceptors (Lipinski definition) is 5. The highest BCUT2D eigenvalue weighted by atomic mass is 32.2. The molecule has 25 heavy (non-hydrogen) atoms. The smallest absolute Gasteiger partial charge is 0.191 e. The van der Waals surface area contributed by atoms with Crippen molar-refractivity contribution >= 4 is 17.5 Å². The minimum absolute atomic E-state index is 0.0959. The number of Topliss-reactive ketones (excluding diaryl/α,β-unsaturated/α-hetero) is 1. The lowest BCUT2D eigenvalue weighted by Crippen LogP contribution is -2.14. The summed E-state index contributed by atoms with van der Waals surface area (Å²) in [5, 5.41) is 8.94. The van der Waals surface area contributed by atoms with Crippen LogP contribution >= 0.6 is 11.8 Å². The number of nitrogens with zero attached hydrogens (tertiary/aromatic N) is 4. The number of carbonyl (C=O) groups excluding carboxylic acids is 1. The fourth-order valence-electron chi connectivity index (χ4n) is 2.51. The minimum atomic E-state index is -0.239. The second kappa shape index (κ2) is 7.61. The largest absolute Gasteiger partial charge is 0.305 e. The molecule has 0 aliphatic heterocycles. The van der Waals surface area contributed by atoms with E-state index in [0.717, 1.165) is 23.4 Å². The number of aromatic nitrogens is 4. The summed E-state index contributed by atoms with van der Waals surface area (Å²) >= 11 is 1.42. The van der Waals surface area contributed by atoms with Crippen molar-refractivity contribution in [3.63, 3.8) is 0 Å². The van der Waals surface area contributed by atoms with E-state index >= 15 is 0 Å². The Labute approximate surface area is 151 Å². The van der Waals surface area contributed by atoms with Crippen LogP contribution in [0.15, 0.2) is 53.9 Å². The van der Waals surface area contributed by atoms with E-state index in [1.54, 1.807) is 12.4 Å². The molecule has 0 bridgehead atoms. The molecule has 0 aliphatic rings. The number of thioether (sulfide) groups is 1. The number of aryl methyl sites for hydroxylation is 1. The number of carbonyl (C=O) groups is 1. The molecule has 6 heteroatoms. The SMILES string of the molecule is CCc1ccc(C(=O)C(C)Sc2nnc(-c3cccnc3)n2C)cc1. The fourth-order valence-corrected chi connectivity index (χ4v) is 3.41. The highest BCUT2D eigenvalue weighted by molar-refractivity contribution is 8.00. The van der Waals surface area contributed by atoms with Crippen molar-refractivity contribution in [2.45, 2.75) is 30.7 Å². The molecule has 5 nitrogen and oxygen atoms in total. The Kier molecular flexibility index (Phi) is 5.28. The molecule has 0 aliphatic carbocycles.